The smallest absolute Gasteiger partial charge is 0.491 e. The van der Waals surface area contributed by atoms with Gasteiger partial charge in [0.2, 0.25) is 0 Å². The molecule has 11 nitrogen and oxygen atoms in total. The second kappa shape index (κ2) is 10.8. The Morgan fingerprint density at radius 2 is 2.00 bits per heavy atom. The van der Waals surface area contributed by atoms with Crippen LogP contribution in [0.3, 0.4) is 0 Å². The standard InChI is InChI=1S/C24H26ClF3N6O5/c1-10(2)34-7-15(38-22(21(34)35)39-23(36)24(26,27)28)16-11(3)14(25)6-13(18(16)37-5)12(4)33-20-17-19(30-8-29-17)31-9-32-20/h6,8-10,12,15,22H,7H2,1-5H3,(H2,29,30,31,32,33). The Morgan fingerprint density at radius 3 is 2.64 bits per heavy atom. The summed E-state index contributed by atoms with van der Waals surface area (Å²) in [4.78, 5) is 41.1. The highest BCUT2D eigenvalue weighted by molar-refractivity contribution is 6.31. The van der Waals surface area contributed by atoms with Crippen molar-refractivity contribution in [1.82, 2.24) is 24.8 Å². The van der Waals surface area contributed by atoms with E-state index in [9.17, 15) is 22.8 Å². The van der Waals surface area contributed by atoms with Crippen molar-refractivity contribution < 1.29 is 37.0 Å². The molecule has 0 spiro atoms. The molecule has 3 heterocycles. The van der Waals surface area contributed by atoms with Gasteiger partial charge in [0.25, 0.3) is 12.2 Å². The summed E-state index contributed by atoms with van der Waals surface area (Å²) in [5.74, 6) is -2.64. The predicted molar refractivity (Wildman–Crippen MR) is 133 cm³/mol. The molecule has 4 rings (SSSR count). The maximum atomic E-state index is 12.9. The number of imidazole rings is 1. The summed E-state index contributed by atoms with van der Waals surface area (Å²) in [6.07, 6.45) is -5.61. The Kier molecular flexibility index (Phi) is 7.89. The van der Waals surface area contributed by atoms with E-state index in [1.165, 1.54) is 24.7 Å². The normalized spacial score (nSPS) is 18.9. The molecule has 39 heavy (non-hydrogen) atoms. The zero-order valence-corrected chi connectivity index (χ0v) is 22.3. The average molecular weight is 571 g/mol. The van der Waals surface area contributed by atoms with Crippen LogP contribution in [0.4, 0.5) is 19.0 Å². The SMILES string of the molecule is COc1c(C(C)Nc2ncnc3nc[nH]c23)cc(Cl)c(C)c1C1CN(C(C)C)C(=O)C(OC(=O)C(F)(F)F)O1. The Bertz CT molecular complexity index is 1400. The number of fused-ring (bicyclic) bond motifs is 1. The summed E-state index contributed by atoms with van der Waals surface area (Å²) in [5.41, 5.74) is 2.54. The molecule has 1 saturated heterocycles. The van der Waals surface area contributed by atoms with E-state index in [1.807, 2.05) is 6.92 Å². The number of anilines is 1. The molecule has 1 fully saturated rings. The summed E-state index contributed by atoms with van der Waals surface area (Å²) in [6, 6.07) is 0.803. The number of aromatic nitrogens is 4. The molecule has 3 aromatic rings. The van der Waals surface area contributed by atoms with Crippen molar-refractivity contribution in [3.63, 3.8) is 0 Å². The fourth-order valence-corrected chi connectivity index (χ4v) is 4.60. The van der Waals surface area contributed by atoms with E-state index in [0.717, 1.165) is 0 Å². The number of benzene rings is 1. The number of morpholine rings is 1. The average Bonchev–Trinajstić information content (AvgIpc) is 3.35. The molecular weight excluding hydrogens is 545 g/mol. The van der Waals surface area contributed by atoms with Gasteiger partial charge in [0.15, 0.2) is 11.5 Å². The molecule has 1 amide bonds. The number of rotatable bonds is 7. The maximum absolute atomic E-state index is 12.9. The highest BCUT2D eigenvalue weighted by Gasteiger charge is 2.47. The molecule has 2 N–H and O–H groups in total. The maximum Gasteiger partial charge on any atom is 0.491 e. The van der Waals surface area contributed by atoms with Gasteiger partial charge >= 0.3 is 12.1 Å². The van der Waals surface area contributed by atoms with E-state index in [2.05, 4.69) is 30.0 Å². The minimum absolute atomic E-state index is 0.0456. The van der Waals surface area contributed by atoms with Crippen LogP contribution in [-0.4, -0.2) is 68.9 Å². The first kappa shape index (κ1) is 28.4. The van der Waals surface area contributed by atoms with Crippen LogP contribution in [0.2, 0.25) is 5.02 Å². The van der Waals surface area contributed by atoms with Gasteiger partial charge in [0.1, 0.15) is 23.7 Å². The number of methoxy groups -OCH3 is 1. The summed E-state index contributed by atoms with van der Waals surface area (Å²) >= 11 is 6.60. The summed E-state index contributed by atoms with van der Waals surface area (Å²) in [5, 5.41) is 3.59. The van der Waals surface area contributed by atoms with Gasteiger partial charge in [0.05, 0.1) is 26.0 Å². The van der Waals surface area contributed by atoms with Crippen LogP contribution < -0.4 is 10.1 Å². The summed E-state index contributed by atoms with van der Waals surface area (Å²) < 4.78 is 54.7. The number of ether oxygens (including phenoxy) is 3. The Labute approximate surface area is 226 Å². The monoisotopic (exact) mass is 570 g/mol. The topological polar surface area (TPSA) is 132 Å². The number of halogens is 4. The van der Waals surface area contributed by atoms with Gasteiger partial charge in [-0.05, 0) is 39.3 Å². The number of hydrogen-bond acceptors (Lipinski definition) is 9. The first-order chi connectivity index (χ1) is 18.3. The Hall–Kier alpha value is -3.65. The number of nitrogens with zero attached hydrogens (tertiary/aromatic N) is 4. The van der Waals surface area contributed by atoms with Crippen LogP contribution in [-0.2, 0) is 19.1 Å². The number of carbonyl (C=O) groups is 2. The third-order valence-electron chi connectivity index (χ3n) is 6.32. The molecule has 1 aliphatic heterocycles. The Balaban J connectivity index is 1.74. The number of amides is 1. The van der Waals surface area contributed by atoms with E-state index in [1.54, 1.807) is 26.8 Å². The molecular formula is C24H26ClF3N6O5. The van der Waals surface area contributed by atoms with E-state index >= 15 is 0 Å². The van der Waals surface area contributed by atoms with Crippen molar-refractivity contribution >= 4 is 40.5 Å². The highest BCUT2D eigenvalue weighted by atomic mass is 35.5. The lowest BCUT2D eigenvalue weighted by molar-refractivity contribution is -0.243. The van der Waals surface area contributed by atoms with Crippen molar-refractivity contribution in [2.24, 2.45) is 0 Å². The quantitative estimate of drug-likeness (QED) is 0.400. The summed E-state index contributed by atoms with van der Waals surface area (Å²) in [6.45, 7) is 6.84. The molecule has 1 aromatic carbocycles. The van der Waals surface area contributed by atoms with Gasteiger partial charge in [-0.1, -0.05) is 11.6 Å². The third kappa shape index (κ3) is 5.57. The van der Waals surface area contributed by atoms with Crippen molar-refractivity contribution in [2.75, 3.05) is 19.0 Å². The molecule has 15 heteroatoms. The van der Waals surface area contributed by atoms with E-state index in [0.29, 0.717) is 44.4 Å². The van der Waals surface area contributed by atoms with Crippen LogP contribution in [0, 0.1) is 6.92 Å². The van der Waals surface area contributed by atoms with Gasteiger partial charge in [-0.15, -0.1) is 0 Å². The lowest BCUT2D eigenvalue weighted by Gasteiger charge is -2.40. The lowest BCUT2D eigenvalue weighted by atomic mass is 9.94. The van der Waals surface area contributed by atoms with Crippen LogP contribution in [0.1, 0.15) is 49.6 Å². The number of nitrogens with one attached hydrogen (secondary N) is 2. The van der Waals surface area contributed by atoms with E-state index < -0.39 is 42.5 Å². The predicted octanol–water partition coefficient (Wildman–Crippen LogP) is 4.24. The van der Waals surface area contributed by atoms with Crippen LogP contribution in [0.25, 0.3) is 11.2 Å². The van der Waals surface area contributed by atoms with Crippen molar-refractivity contribution in [3.8, 4) is 5.75 Å². The number of carbonyl (C=O) groups excluding carboxylic acids is 2. The van der Waals surface area contributed by atoms with Crippen molar-refractivity contribution in [2.45, 2.75) is 58.3 Å². The molecule has 210 valence electrons. The number of H-pyrrole nitrogens is 1. The van der Waals surface area contributed by atoms with Crippen molar-refractivity contribution in [3.05, 3.63) is 40.4 Å². The van der Waals surface area contributed by atoms with Crippen LogP contribution in [0.5, 0.6) is 5.75 Å². The first-order valence-corrected chi connectivity index (χ1v) is 12.2. The van der Waals surface area contributed by atoms with E-state index in [-0.39, 0.29) is 6.54 Å². The fraction of sp³-hybridized carbons (Fsp3) is 0.458. The second-order valence-corrected chi connectivity index (χ2v) is 9.56. The molecule has 3 atom stereocenters. The number of aromatic amines is 1. The van der Waals surface area contributed by atoms with Gasteiger partial charge in [0, 0.05) is 22.2 Å². The molecule has 0 bridgehead atoms. The van der Waals surface area contributed by atoms with Gasteiger partial charge in [-0.3, -0.25) is 4.79 Å². The van der Waals surface area contributed by atoms with Crippen LogP contribution in [0.15, 0.2) is 18.7 Å². The molecule has 0 saturated carbocycles. The number of hydrogen-bond donors (Lipinski definition) is 2. The molecule has 2 aromatic heterocycles. The highest BCUT2D eigenvalue weighted by Crippen LogP contribution is 2.43. The zero-order chi connectivity index (χ0) is 28.6. The second-order valence-electron chi connectivity index (χ2n) is 9.15. The fourth-order valence-electron chi connectivity index (χ4n) is 4.38. The van der Waals surface area contributed by atoms with Crippen molar-refractivity contribution in [1.29, 1.82) is 0 Å². The minimum Gasteiger partial charge on any atom is -0.496 e. The largest absolute Gasteiger partial charge is 0.496 e. The molecule has 0 aliphatic carbocycles. The third-order valence-corrected chi connectivity index (χ3v) is 6.72. The minimum atomic E-state index is -5.31. The molecule has 3 unspecified atom stereocenters. The molecule has 0 radical (unpaired) electrons. The van der Waals surface area contributed by atoms with Gasteiger partial charge in [-0.2, -0.15) is 13.2 Å². The van der Waals surface area contributed by atoms with E-state index in [4.69, 9.17) is 21.1 Å². The first-order valence-electron chi connectivity index (χ1n) is 11.8. The number of alkyl halides is 3. The van der Waals surface area contributed by atoms with Crippen LogP contribution >= 0.6 is 11.6 Å². The summed E-state index contributed by atoms with van der Waals surface area (Å²) in [7, 11) is 1.43. The van der Waals surface area contributed by atoms with Gasteiger partial charge in [-0.25, -0.2) is 19.7 Å². The number of esters is 1. The lowest BCUT2D eigenvalue weighted by Crippen LogP contribution is -2.53. The Morgan fingerprint density at radius 1 is 1.28 bits per heavy atom. The van der Waals surface area contributed by atoms with Gasteiger partial charge < -0.3 is 29.4 Å². The zero-order valence-electron chi connectivity index (χ0n) is 21.6. The molecule has 1 aliphatic rings.